The van der Waals surface area contributed by atoms with Crippen LogP contribution in [0, 0.1) is 13.8 Å². The number of aliphatic carboxylic acids is 1. The quantitative estimate of drug-likeness (QED) is 0.680. The van der Waals surface area contributed by atoms with E-state index in [9.17, 15) is 9.59 Å². The number of rotatable bonds is 7. The van der Waals surface area contributed by atoms with Crippen LogP contribution in [-0.4, -0.2) is 43.2 Å². The fraction of sp³-hybridized carbons (Fsp3) is 0.333. The van der Waals surface area contributed by atoms with Gasteiger partial charge in [0.25, 0.3) is 5.91 Å². The van der Waals surface area contributed by atoms with E-state index in [-0.39, 0.29) is 12.3 Å². The lowest BCUT2D eigenvalue weighted by Gasteiger charge is -2.23. The van der Waals surface area contributed by atoms with Crippen molar-refractivity contribution in [2.24, 2.45) is 7.05 Å². The Kier molecular flexibility index (Phi) is 5.73. The van der Waals surface area contributed by atoms with Crippen molar-refractivity contribution in [2.75, 3.05) is 6.54 Å². The molecule has 7 heteroatoms. The normalized spacial score (nSPS) is 11.0. The maximum atomic E-state index is 13.5. The minimum absolute atomic E-state index is 0.0231. The summed E-state index contributed by atoms with van der Waals surface area (Å²) in [6, 6.07) is 11.5. The van der Waals surface area contributed by atoms with E-state index in [0.717, 1.165) is 22.3 Å². The van der Waals surface area contributed by atoms with Gasteiger partial charge in [-0.15, -0.1) is 0 Å². The van der Waals surface area contributed by atoms with E-state index in [4.69, 9.17) is 5.11 Å². The Morgan fingerprint density at radius 1 is 1.18 bits per heavy atom. The minimum atomic E-state index is -0.864. The summed E-state index contributed by atoms with van der Waals surface area (Å²) >= 11 is 0. The zero-order valence-electron chi connectivity index (χ0n) is 16.3. The van der Waals surface area contributed by atoms with Crippen molar-refractivity contribution in [3.05, 3.63) is 58.9 Å². The van der Waals surface area contributed by atoms with Gasteiger partial charge in [0.2, 0.25) is 0 Å². The molecule has 0 bridgehead atoms. The lowest BCUT2D eigenvalue weighted by atomic mass is 10.1. The lowest BCUT2D eigenvalue weighted by Crippen LogP contribution is -2.32. The first-order chi connectivity index (χ1) is 13.4. The molecular formula is C21H24N4O3. The third-order valence-corrected chi connectivity index (χ3v) is 4.65. The maximum Gasteiger partial charge on any atom is 0.303 e. The summed E-state index contributed by atoms with van der Waals surface area (Å²) in [4.78, 5) is 30.6. The highest BCUT2D eigenvalue weighted by atomic mass is 16.4. The highest BCUT2D eigenvalue weighted by Gasteiger charge is 2.22. The minimum Gasteiger partial charge on any atom is -0.481 e. The van der Waals surface area contributed by atoms with E-state index in [1.807, 2.05) is 51.2 Å². The maximum absolute atomic E-state index is 13.5. The Balaban J connectivity index is 1.98. The molecule has 1 amide bonds. The van der Waals surface area contributed by atoms with Gasteiger partial charge >= 0.3 is 5.97 Å². The Bertz CT molecular complexity index is 1010. The summed E-state index contributed by atoms with van der Waals surface area (Å²) in [5, 5.41) is 14.1. The average molecular weight is 380 g/mol. The van der Waals surface area contributed by atoms with Gasteiger partial charge in [0.05, 0.1) is 16.6 Å². The van der Waals surface area contributed by atoms with Crippen molar-refractivity contribution in [3.8, 4) is 0 Å². The van der Waals surface area contributed by atoms with Gasteiger partial charge in [-0.3, -0.25) is 14.3 Å². The van der Waals surface area contributed by atoms with E-state index in [1.54, 1.807) is 15.6 Å². The average Bonchev–Trinajstić information content (AvgIpc) is 2.94. The smallest absolute Gasteiger partial charge is 0.303 e. The largest absolute Gasteiger partial charge is 0.481 e. The third kappa shape index (κ3) is 4.19. The number of hydrogen-bond donors (Lipinski definition) is 1. The number of amides is 1. The van der Waals surface area contributed by atoms with E-state index >= 15 is 0 Å². The molecule has 146 valence electrons. The second kappa shape index (κ2) is 8.21. The third-order valence-electron chi connectivity index (χ3n) is 4.65. The highest BCUT2D eigenvalue weighted by molar-refractivity contribution is 6.06. The molecule has 0 spiro atoms. The molecular weight excluding hydrogens is 356 g/mol. The fourth-order valence-electron chi connectivity index (χ4n) is 3.39. The molecule has 0 unspecified atom stereocenters. The first kappa shape index (κ1) is 19.5. The monoisotopic (exact) mass is 380 g/mol. The number of carboxylic acids is 1. The number of aromatic nitrogens is 3. The predicted octanol–water partition coefficient (Wildman–Crippen LogP) is 3.09. The van der Waals surface area contributed by atoms with E-state index in [1.165, 1.54) is 0 Å². The van der Waals surface area contributed by atoms with Gasteiger partial charge in [-0.2, -0.15) is 5.10 Å². The summed E-state index contributed by atoms with van der Waals surface area (Å²) in [5.74, 6) is -1.00. The molecule has 0 radical (unpaired) electrons. The van der Waals surface area contributed by atoms with Gasteiger partial charge < -0.3 is 10.0 Å². The summed E-state index contributed by atoms with van der Waals surface area (Å²) < 4.78 is 1.68. The number of fused-ring (bicyclic) bond motifs is 1. The van der Waals surface area contributed by atoms with E-state index < -0.39 is 5.97 Å². The van der Waals surface area contributed by atoms with Crippen LogP contribution in [0.1, 0.15) is 40.2 Å². The molecule has 28 heavy (non-hydrogen) atoms. The van der Waals surface area contributed by atoms with Crippen molar-refractivity contribution in [1.29, 1.82) is 0 Å². The summed E-state index contributed by atoms with van der Waals surface area (Å²) in [5.41, 5.74) is 3.71. The van der Waals surface area contributed by atoms with Gasteiger partial charge in [0.15, 0.2) is 5.65 Å². The molecule has 1 aromatic carbocycles. The first-order valence-electron chi connectivity index (χ1n) is 9.22. The Morgan fingerprint density at radius 2 is 1.89 bits per heavy atom. The van der Waals surface area contributed by atoms with Crippen LogP contribution >= 0.6 is 0 Å². The molecule has 3 rings (SSSR count). The van der Waals surface area contributed by atoms with Gasteiger partial charge in [-0.25, -0.2) is 4.98 Å². The topological polar surface area (TPSA) is 88.3 Å². The van der Waals surface area contributed by atoms with E-state index in [0.29, 0.717) is 30.7 Å². The van der Waals surface area contributed by atoms with Crippen LogP contribution in [-0.2, 0) is 18.4 Å². The van der Waals surface area contributed by atoms with Gasteiger partial charge in [-0.1, -0.05) is 30.3 Å². The van der Waals surface area contributed by atoms with Gasteiger partial charge in [-0.05, 0) is 31.9 Å². The molecule has 0 fully saturated rings. The number of nitrogens with zero attached hydrogens (tertiary/aromatic N) is 4. The van der Waals surface area contributed by atoms with Gasteiger partial charge in [0.1, 0.15) is 0 Å². The van der Waals surface area contributed by atoms with Crippen molar-refractivity contribution >= 4 is 22.9 Å². The standard InChI is InChI=1S/C21H24N4O3/c1-14-12-17(19-15(2)23-24(3)20(19)22-14)21(28)25(11-7-10-18(26)27)13-16-8-5-4-6-9-16/h4-6,8-9,12H,7,10-11,13H2,1-3H3,(H,26,27). The number of hydrogen-bond acceptors (Lipinski definition) is 4. The van der Waals surface area contributed by atoms with Crippen LogP contribution in [0.15, 0.2) is 36.4 Å². The van der Waals surface area contributed by atoms with Crippen LogP contribution in [0.2, 0.25) is 0 Å². The molecule has 3 aromatic rings. The summed E-state index contributed by atoms with van der Waals surface area (Å²) in [6.45, 7) is 4.50. The second-order valence-corrected chi connectivity index (χ2v) is 6.93. The summed E-state index contributed by atoms with van der Waals surface area (Å²) in [7, 11) is 1.81. The number of benzene rings is 1. The number of pyridine rings is 1. The second-order valence-electron chi connectivity index (χ2n) is 6.93. The van der Waals surface area contributed by atoms with Crippen molar-refractivity contribution in [1.82, 2.24) is 19.7 Å². The number of carbonyl (C=O) groups is 2. The zero-order valence-corrected chi connectivity index (χ0v) is 16.3. The SMILES string of the molecule is Cc1cc(C(=O)N(CCCC(=O)O)Cc2ccccc2)c2c(C)nn(C)c2n1. The molecule has 0 saturated carbocycles. The molecule has 0 atom stereocenters. The first-order valence-corrected chi connectivity index (χ1v) is 9.22. The Hall–Kier alpha value is -3.22. The molecule has 0 aliphatic carbocycles. The molecule has 0 saturated heterocycles. The summed E-state index contributed by atoms with van der Waals surface area (Å²) in [6.07, 6.45) is 0.419. The predicted molar refractivity (Wildman–Crippen MR) is 106 cm³/mol. The molecule has 0 aliphatic rings. The molecule has 2 heterocycles. The van der Waals surface area contributed by atoms with Gasteiger partial charge in [0, 0.05) is 32.3 Å². The highest BCUT2D eigenvalue weighted by Crippen LogP contribution is 2.24. The van der Waals surface area contributed by atoms with Crippen LogP contribution in [0.3, 0.4) is 0 Å². The molecule has 0 aliphatic heterocycles. The fourth-order valence-corrected chi connectivity index (χ4v) is 3.39. The molecule has 7 nitrogen and oxygen atoms in total. The number of carboxylic acid groups (broad SMARTS) is 1. The van der Waals surface area contributed by atoms with Crippen molar-refractivity contribution in [3.63, 3.8) is 0 Å². The Labute approximate surface area is 163 Å². The Morgan fingerprint density at radius 3 is 2.57 bits per heavy atom. The van der Waals surface area contributed by atoms with Crippen LogP contribution < -0.4 is 0 Å². The van der Waals surface area contributed by atoms with Crippen LogP contribution in [0.5, 0.6) is 0 Å². The lowest BCUT2D eigenvalue weighted by molar-refractivity contribution is -0.137. The van der Waals surface area contributed by atoms with Crippen LogP contribution in [0.4, 0.5) is 0 Å². The zero-order chi connectivity index (χ0) is 20.3. The molecule has 1 N–H and O–H groups in total. The molecule has 2 aromatic heterocycles. The number of carbonyl (C=O) groups excluding carboxylic acids is 1. The van der Waals surface area contributed by atoms with Crippen LogP contribution in [0.25, 0.3) is 11.0 Å². The van der Waals surface area contributed by atoms with Crippen molar-refractivity contribution < 1.29 is 14.7 Å². The van der Waals surface area contributed by atoms with E-state index in [2.05, 4.69) is 10.1 Å². The van der Waals surface area contributed by atoms with Crippen molar-refractivity contribution in [2.45, 2.75) is 33.2 Å². The number of aryl methyl sites for hydroxylation is 3.